The van der Waals surface area contributed by atoms with Crippen molar-refractivity contribution in [2.75, 3.05) is 44.7 Å². The third-order valence-corrected chi connectivity index (χ3v) is 5.99. The smallest absolute Gasteiger partial charge is 0.276 e. The normalized spacial score (nSPS) is 17.7. The van der Waals surface area contributed by atoms with Crippen molar-refractivity contribution in [2.24, 2.45) is 0 Å². The molecule has 2 aromatic heterocycles. The third kappa shape index (κ3) is 3.94. The minimum absolute atomic E-state index is 0.00642. The number of benzene rings is 1. The standard InChI is InChI=1S/C22H26N6O3/c29-21-18-19(26-20(28(18)10-9-24-21)15-5-7-23-8-6-15)25-17-3-1-16(2-4-17)22(30)27-11-13-31-14-12-27/h1-4,9-10,15,23,25H,5-8,11-14H2,(H,24,29). The number of aromatic nitrogens is 3. The molecule has 3 aromatic rings. The highest BCUT2D eigenvalue weighted by atomic mass is 16.5. The van der Waals surface area contributed by atoms with Gasteiger partial charge >= 0.3 is 0 Å². The van der Waals surface area contributed by atoms with Crippen LogP contribution < -0.4 is 16.2 Å². The molecule has 5 rings (SSSR count). The van der Waals surface area contributed by atoms with E-state index in [1.54, 1.807) is 23.2 Å². The summed E-state index contributed by atoms with van der Waals surface area (Å²) in [5.41, 5.74) is 1.73. The van der Waals surface area contributed by atoms with Crippen LogP contribution in [0.3, 0.4) is 0 Å². The van der Waals surface area contributed by atoms with Gasteiger partial charge in [-0.3, -0.25) is 14.0 Å². The van der Waals surface area contributed by atoms with Crippen LogP contribution >= 0.6 is 0 Å². The molecule has 2 fully saturated rings. The van der Waals surface area contributed by atoms with Gasteiger partial charge in [-0.15, -0.1) is 0 Å². The topological polar surface area (TPSA) is 104 Å². The molecule has 3 N–H and O–H groups in total. The first kappa shape index (κ1) is 19.8. The van der Waals surface area contributed by atoms with Gasteiger partial charge in [-0.05, 0) is 50.2 Å². The number of hydrogen-bond acceptors (Lipinski definition) is 6. The van der Waals surface area contributed by atoms with E-state index in [4.69, 9.17) is 9.72 Å². The molecule has 31 heavy (non-hydrogen) atoms. The van der Waals surface area contributed by atoms with Gasteiger partial charge in [0.2, 0.25) is 0 Å². The molecule has 1 amide bonds. The van der Waals surface area contributed by atoms with E-state index in [9.17, 15) is 9.59 Å². The van der Waals surface area contributed by atoms with Crippen LogP contribution in [0.25, 0.3) is 5.52 Å². The van der Waals surface area contributed by atoms with Crippen molar-refractivity contribution in [3.63, 3.8) is 0 Å². The molecule has 2 aliphatic rings. The van der Waals surface area contributed by atoms with Gasteiger partial charge in [-0.25, -0.2) is 4.98 Å². The molecule has 4 heterocycles. The Morgan fingerprint density at radius 2 is 1.87 bits per heavy atom. The van der Waals surface area contributed by atoms with Crippen LogP contribution in [-0.2, 0) is 4.74 Å². The molecule has 0 spiro atoms. The van der Waals surface area contributed by atoms with E-state index in [1.165, 1.54) is 0 Å². The van der Waals surface area contributed by atoms with Crippen LogP contribution in [0, 0.1) is 0 Å². The zero-order chi connectivity index (χ0) is 21.2. The second-order valence-electron chi connectivity index (χ2n) is 7.96. The molecule has 0 bridgehead atoms. The molecule has 0 saturated carbocycles. The Kier molecular flexibility index (Phi) is 5.44. The highest BCUT2D eigenvalue weighted by Gasteiger charge is 2.23. The highest BCUT2D eigenvalue weighted by Crippen LogP contribution is 2.29. The van der Waals surface area contributed by atoms with Crippen LogP contribution in [-0.4, -0.2) is 64.6 Å². The first-order valence-corrected chi connectivity index (χ1v) is 10.7. The molecule has 9 nitrogen and oxygen atoms in total. The lowest BCUT2D eigenvalue weighted by Gasteiger charge is -2.26. The summed E-state index contributed by atoms with van der Waals surface area (Å²) in [7, 11) is 0. The van der Waals surface area contributed by atoms with Crippen molar-refractivity contribution in [3.8, 4) is 0 Å². The number of ether oxygens (including phenoxy) is 1. The van der Waals surface area contributed by atoms with Gasteiger partial charge in [0, 0.05) is 42.7 Å². The van der Waals surface area contributed by atoms with Gasteiger partial charge in [-0.1, -0.05) is 0 Å². The summed E-state index contributed by atoms with van der Waals surface area (Å²) in [6.07, 6.45) is 5.49. The van der Waals surface area contributed by atoms with E-state index >= 15 is 0 Å². The zero-order valence-corrected chi connectivity index (χ0v) is 17.3. The van der Waals surface area contributed by atoms with Crippen LogP contribution in [0.2, 0.25) is 0 Å². The highest BCUT2D eigenvalue weighted by molar-refractivity contribution is 5.94. The summed E-state index contributed by atoms with van der Waals surface area (Å²) in [6.45, 7) is 4.28. The summed E-state index contributed by atoms with van der Waals surface area (Å²) in [5.74, 6) is 1.75. The van der Waals surface area contributed by atoms with Gasteiger partial charge in [-0.2, -0.15) is 0 Å². The Bertz CT molecular complexity index is 1120. The second-order valence-corrected chi connectivity index (χ2v) is 7.96. The predicted molar refractivity (Wildman–Crippen MR) is 117 cm³/mol. The maximum atomic E-state index is 12.7. The predicted octanol–water partition coefficient (Wildman–Crippen LogP) is 1.71. The number of morpholine rings is 1. The molecule has 0 atom stereocenters. The van der Waals surface area contributed by atoms with Crippen molar-refractivity contribution in [3.05, 3.63) is 58.4 Å². The lowest BCUT2D eigenvalue weighted by molar-refractivity contribution is 0.0303. The quantitative estimate of drug-likeness (QED) is 0.591. The van der Waals surface area contributed by atoms with Gasteiger partial charge in [0.15, 0.2) is 11.3 Å². The Labute approximate surface area is 179 Å². The van der Waals surface area contributed by atoms with E-state index < -0.39 is 0 Å². The number of rotatable bonds is 4. The fourth-order valence-corrected chi connectivity index (χ4v) is 4.31. The van der Waals surface area contributed by atoms with E-state index in [2.05, 4.69) is 15.6 Å². The fourth-order valence-electron chi connectivity index (χ4n) is 4.31. The largest absolute Gasteiger partial charge is 0.378 e. The summed E-state index contributed by atoms with van der Waals surface area (Å²) in [6, 6.07) is 7.30. The fraction of sp³-hybridized carbons (Fsp3) is 0.409. The van der Waals surface area contributed by atoms with Gasteiger partial charge < -0.3 is 25.3 Å². The molecular weight excluding hydrogens is 396 g/mol. The lowest BCUT2D eigenvalue weighted by atomic mass is 9.97. The number of nitrogens with one attached hydrogen (secondary N) is 3. The molecule has 2 saturated heterocycles. The summed E-state index contributed by atoms with van der Waals surface area (Å²) in [4.78, 5) is 34.6. The second kappa shape index (κ2) is 8.52. The number of H-pyrrole nitrogens is 1. The van der Waals surface area contributed by atoms with Crippen molar-refractivity contribution < 1.29 is 9.53 Å². The molecule has 9 heteroatoms. The minimum Gasteiger partial charge on any atom is -0.378 e. The first-order chi connectivity index (χ1) is 15.2. The van der Waals surface area contributed by atoms with Gasteiger partial charge in [0.1, 0.15) is 5.82 Å². The van der Waals surface area contributed by atoms with E-state index in [0.29, 0.717) is 49.1 Å². The Hall–Kier alpha value is -3.17. The van der Waals surface area contributed by atoms with Gasteiger partial charge in [0.25, 0.3) is 11.5 Å². The van der Waals surface area contributed by atoms with Crippen LogP contribution in [0.15, 0.2) is 41.5 Å². The van der Waals surface area contributed by atoms with Crippen molar-refractivity contribution >= 4 is 22.9 Å². The maximum Gasteiger partial charge on any atom is 0.276 e. The number of amides is 1. The maximum absolute atomic E-state index is 12.7. The number of nitrogens with zero attached hydrogens (tertiary/aromatic N) is 3. The third-order valence-electron chi connectivity index (χ3n) is 5.99. The lowest BCUT2D eigenvalue weighted by Crippen LogP contribution is -2.40. The molecule has 0 aliphatic carbocycles. The molecule has 162 valence electrons. The van der Waals surface area contributed by atoms with Crippen molar-refractivity contribution in [1.82, 2.24) is 24.6 Å². The molecule has 0 radical (unpaired) electrons. The molecule has 1 aromatic carbocycles. The Morgan fingerprint density at radius 3 is 2.61 bits per heavy atom. The van der Waals surface area contributed by atoms with Crippen LogP contribution in [0.4, 0.5) is 11.5 Å². The number of imidazole rings is 1. The number of carbonyl (C=O) groups is 1. The molecule has 2 aliphatic heterocycles. The van der Waals surface area contributed by atoms with E-state index in [0.717, 1.165) is 37.4 Å². The van der Waals surface area contributed by atoms with E-state index in [1.807, 2.05) is 22.7 Å². The van der Waals surface area contributed by atoms with Crippen molar-refractivity contribution in [1.29, 1.82) is 0 Å². The SMILES string of the molecule is O=C(c1ccc(Nc2nc(C3CCNCC3)n3cc[nH]c(=O)c23)cc1)N1CCOCC1. The first-order valence-electron chi connectivity index (χ1n) is 10.7. The average molecular weight is 422 g/mol. The van der Waals surface area contributed by atoms with Crippen molar-refractivity contribution in [2.45, 2.75) is 18.8 Å². The zero-order valence-electron chi connectivity index (χ0n) is 17.3. The number of anilines is 2. The summed E-state index contributed by atoms with van der Waals surface area (Å²) >= 11 is 0. The Morgan fingerprint density at radius 1 is 1.13 bits per heavy atom. The van der Waals surface area contributed by atoms with Crippen LogP contribution in [0.5, 0.6) is 0 Å². The Balaban J connectivity index is 1.41. The number of aromatic amines is 1. The summed E-state index contributed by atoms with van der Waals surface area (Å²) < 4.78 is 7.21. The molecular formula is C22H26N6O3. The number of fused-ring (bicyclic) bond motifs is 1. The number of carbonyl (C=O) groups excluding carboxylic acids is 1. The monoisotopic (exact) mass is 422 g/mol. The van der Waals surface area contributed by atoms with E-state index in [-0.39, 0.29) is 11.5 Å². The average Bonchev–Trinajstić information content (AvgIpc) is 3.20. The number of piperidine rings is 1. The minimum atomic E-state index is -0.184. The number of hydrogen-bond donors (Lipinski definition) is 3. The van der Waals surface area contributed by atoms with Crippen LogP contribution in [0.1, 0.15) is 34.9 Å². The summed E-state index contributed by atoms with van der Waals surface area (Å²) in [5, 5.41) is 6.65. The molecule has 0 unspecified atom stereocenters. The van der Waals surface area contributed by atoms with Gasteiger partial charge in [0.05, 0.1) is 13.2 Å².